The summed E-state index contributed by atoms with van der Waals surface area (Å²) in [6.45, 7) is 2.53. The van der Waals surface area contributed by atoms with Crippen molar-refractivity contribution in [3.63, 3.8) is 0 Å². The molecule has 0 spiro atoms. The van der Waals surface area contributed by atoms with Gasteiger partial charge in [-0.3, -0.25) is 0 Å². The van der Waals surface area contributed by atoms with E-state index in [4.69, 9.17) is 0 Å². The second kappa shape index (κ2) is 12.4. The number of allylic oxidation sites excluding steroid dienone is 4. The molecule has 45 heavy (non-hydrogen) atoms. The number of halogens is 2. The molecule has 3 heteroatoms. The molecule has 0 aliphatic heterocycles. The second-order valence-electron chi connectivity index (χ2n) is 14.4. The van der Waals surface area contributed by atoms with Crippen LogP contribution in [0.2, 0.25) is 0 Å². The molecule has 6 aliphatic rings. The van der Waals surface area contributed by atoms with Crippen molar-refractivity contribution in [2.75, 3.05) is 0 Å². The van der Waals surface area contributed by atoms with Crippen LogP contribution < -0.4 is 28.1 Å². The number of benzene rings is 4. The monoisotopic (exact) mass is 704 g/mol. The van der Waals surface area contributed by atoms with Crippen LogP contribution >= 0.6 is 0 Å². The van der Waals surface area contributed by atoms with Crippen LogP contribution in [0.3, 0.4) is 0 Å². The summed E-state index contributed by atoms with van der Waals surface area (Å²) in [5, 5.41) is 0. The predicted molar refractivity (Wildman–Crippen MR) is 176 cm³/mol. The molecule has 0 radical (unpaired) electrons. The van der Waals surface area contributed by atoms with E-state index in [2.05, 4.69) is 122 Å². The van der Waals surface area contributed by atoms with E-state index in [-0.39, 0.29) is 24.8 Å². The predicted octanol–water partition coefficient (Wildman–Crippen LogP) is 3.45. The van der Waals surface area contributed by atoms with Crippen molar-refractivity contribution in [3.05, 3.63) is 146 Å². The fraction of sp³-hybridized carbons (Fsp3) is 0.310. The van der Waals surface area contributed by atoms with Crippen LogP contribution in [0.15, 0.2) is 124 Å². The maximum Gasteiger partial charge on any atom is -1.00 e. The van der Waals surface area contributed by atoms with Gasteiger partial charge < -0.3 is 24.8 Å². The summed E-state index contributed by atoms with van der Waals surface area (Å²) < 4.78 is 5.13. The van der Waals surface area contributed by atoms with Gasteiger partial charge in [-0.1, -0.05) is 0 Å². The van der Waals surface area contributed by atoms with Crippen molar-refractivity contribution in [2.24, 2.45) is 29.1 Å². The summed E-state index contributed by atoms with van der Waals surface area (Å²) in [6.07, 6.45) is 15.5. The molecule has 0 nitrogen and oxygen atoms in total. The Morgan fingerprint density at radius 3 is 1.82 bits per heavy atom. The molecule has 0 amide bonds. The van der Waals surface area contributed by atoms with Crippen molar-refractivity contribution in [1.82, 2.24) is 0 Å². The fourth-order valence-corrected chi connectivity index (χ4v) is 18.7. The molecule has 0 aromatic heterocycles. The van der Waals surface area contributed by atoms with Crippen molar-refractivity contribution >= 4 is 6.48 Å². The minimum absolute atomic E-state index is 0. The van der Waals surface area contributed by atoms with Gasteiger partial charge in [-0.05, 0) is 0 Å². The maximum atomic E-state index is 2.82. The smallest absolute Gasteiger partial charge is 1.00 e. The topological polar surface area (TPSA) is 0 Å². The molecule has 4 aromatic carbocycles. The molecule has 10 rings (SSSR count). The van der Waals surface area contributed by atoms with Crippen LogP contribution in [0.5, 0.6) is 0 Å². The zero-order valence-electron chi connectivity index (χ0n) is 26.0. The van der Waals surface area contributed by atoms with Gasteiger partial charge >= 0.3 is 266 Å². The van der Waals surface area contributed by atoms with Crippen molar-refractivity contribution in [1.29, 1.82) is 0 Å². The van der Waals surface area contributed by atoms with Crippen LogP contribution in [-0.2, 0) is 27.7 Å². The molecular formula is C42H40Cl2Zr. The van der Waals surface area contributed by atoms with Gasteiger partial charge in [0.1, 0.15) is 0 Å². The molecule has 4 fully saturated rings. The van der Waals surface area contributed by atoms with Crippen molar-refractivity contribution in [3.8, 4) is 11.1 Å². The first-order valence-corrected chi connectivity index (χ1v) is 20.3. The SMILES string of the molecule is CC1C=C(C23CC4CC(CC(C4)C2)C3)C=[C]1[Zr+2](=[C](c1ccccc1)c1ccccc1)[c]1cccc2c1Cc1ccccc1-2.[Cl-].[Cl-]. The molecule has 1 unspecified atom stereocenters. The molecule has 4 aromatic rings. The molecule has 226 valence electrons. The molecule has 0 N–H and O–H groups in total. The number of fused-ring (bicyclic) bond motifs is 3. The Kier molecular flexibility index (Phi) is 8.61. The van der Waals surface area contributed by atoms with E-state index in [0.29, 0.717) is 11.3 Å². The number of hydrogen-bond acceptors (Lipinski definition) is 0. The standard InChI is InChI=1S/C16H21.C13H9.C13H10.2ClH.Zr/c1-11-2-3-15(4-11)16-8-12-5-13(9-16)7-14(6-12)10-16;1-3-7-12-10(5-1)9-11-6-2-4-8-13(11)12;1-3-7-12(8-4-1)11-13-9-5-2-6-10-13;;;/h3-4,11-14H,5-10H2,1H3;1-5,7-8H,9H2;1-10H;2*1H;/q;;;;;+2/p-2. The van der Waals surface area contributed by atoms with Gasteiger partial charge in [0.25, 0.3) is 0 Å². The summed E-state index contributed by atoms with van der Waals surface area (Å²) in [6, 6.07) is 39.3. The van der Waals surface area contributed by atoms with Gasteiger partial charge in [0.15, 0.2) is 0 Å². The third-order valence-corrected chi connectivity index (χ3v) is 19.7. The molecular weight excluding hydrogens is 667 g/mol. The van der Waals surface area contributed by atoms with Gasteiger partial charge in [0.2, 0.25) is 0 Å². The minimum Gasteiger partial charge on any atom is -1.00 e. The van der Waals surface area contributed by atoms with Crippen LogP contribution in [0.25, 0.3) is 11.1 Å². The quantitative estimate of drug-likeness (QED) is 0.263. The van der Waals surface area contributed by atoms with Gasteiger partial charge in [0, 0.05) is 0 Å². The summed E-state index contributed by atoms with van der Waals surface area (Å²) in [4.78, 5) is 0. The largest absolute Gasteiger partial charge is 1.00 e. The maximum absolute atomic E-state index is 2.82. The number of hydrogen-bond donors (Lipinski definition) is 0. The summed E-state index contributed by atoms with van der Waals surface area (Å²) in [5.74, 6) is 3.44. The first kappa shape index (κ1) is 31.3. The zero-order valence-corrected chi connectivity index (χ0v) is 30.0. The normalized spacial score (nSPS) is 26.4. The molecule has 4 bridgehead atoms. The van der Waals surface area contributed by atoms with Gasteiger partial charge in [0.05, 0.1) is 0 Å². The molecule has 6 aliphatic carbocycles. The summed E-state index contributed by atoms with van der Waals surface area (Å²) in [7, 11) is 0. The molecule has 4 saturated carbocycles. The van der Waals surface area contributed by atoms with E-state index in [1.807, 2.05) is 0 Å². The Bertz CT molecular complexity index is 1750. The van der Waals surface area contributed by atoms with Crippen LogP contribution in [0.4, 0.5) is 0 Å². The van der Waals surface area contributed by atoms with Crippen LogP contribution in [0.1, 0.15) is 67.7 Å². The molecule has 1 atom stereocenters. The molecule has 0 saturated heterocycles. The van der Waals surface area contributed by atoms with E-state index in [9.17, 15) is 0 Å². The van der Waals surface area contributed by atoms with E-state index < -0.39 is 21.3 Å². The Morgan fingerprint density at radius 1 is 0.644 bits per heavy atom. The van der Waals surface area contributed by atoms with E-state index in [1.54, 1.807) is 20.9 Å². The fourth-order valence-electron chi connectivity index (χ4n) is 10.3. The third kappa shape index (κ3) is 5.27. The van der Waals surface area contributed by atoms with E-state index in [0.717, 1.165) is 24.2 Å². The van der Waals surface area contributed by atoms with E-state index in [1.165, 1.54) is 66.3 Å². The first-order valence-electron chi connectivity index (χ1n) is 16.7. The second-order valence-corrected chi connectivity index (χ2v) is 20.2. The van der Waals surface area contributed by atoms with Crippen LogP contribution in [0, 0.1) is 29.1 Å². The average Bonchev–Trinajstić information content (AvgIpc) is 3.61. The van der Waals surface area contributed by atoms with Crippen molar-refractivity contribution < 1.29 is 46.1 Å². The van der Waals surface area contributed by atoms with Gasteiger partial charge in [-0.2, -0.15) is 0 Å². The zero-order chi connectivity index (χ0) is 28.5. The average molecular weight is 707 g/mol. The minimum atomic E-state index is -2.71. The van der Waals surface area contributed by atoms with Gasteiger partial charge in [-0.15, -0.1) is 0 Å². The first-order chi connectivity index (χ1) is 21.1. The van der Waals surface area contributed by atoms with E-state index >= 15 is 0 Å². The Hall–Kier alpha value is -2.31. The summed E-state index contributed by atoms with van der Waals surface area (Å²) in [5.41, 5.74) is 11.1. The van der Waals surface area contributed by atoms with Gasteiger partial charge in [-0.25, -0.2) is 0 Å². The molecule has 0 heterocycles. The van der Waals surface area contributed by atoms with Crippen LogP contribution in [-0.4, -0.2) is 3.21 Å². The summed E-state index contributed by atoms with van der Waals surface area (Å²) >= 11 is -2.71. The Labute approximate surface area is 289 Å². The number of rotatable bonds is 5. The Morgan fingerprint density at radius 2 is 1.20 bits per heavy atom. The van der Waals surface area contributed by atoms with Crippen molar-refractivity contribution in [2.45, 2.75) is 51.9 Å². The Balaban J connectivity index is 0.00000163. The third-order valence-electron chi connectivity index (χ3n) is 11.7.